The lowest BCUT2D eigenvalue weighted by Crippen LogP contribution is -2.35. The Labute approximate surface area is 201 Å². The number of aliphatic hydroxyl groups is 1. The average Bonchev–Trinajstić information content (AvgIpc) is 3.05. The molecule has 1 fully saturated rings. The highest BCUT2D eigenvalue weighted by atomic mass is 16.5. The van der Waals surface area contributed by atoms with Crippen LogP contribution in [0.2, 0.25) is 0 Å². The summed E-state index contributed by atoms with van der Waals surface area (Å²) in [6, 6.07) is 13.6. The number of aliphatic hydroxyl groups excluding tert-OH is 1. The molecule has 0 aromatic heterocycles. The van der Waals surface area contributed by atoms with Crippen LogP contribution < -0.4 is 9.47 Å². The monoisotopic (exact) mass is 466 g/mol. The number of likely N-dealkylation sites (tertiary alicyclic amines) is 1. The number of hydrogen-bond acceptors (Lipinski definition) is 6. The van der Waals surface area contributed by atoms with Gasteiger partial charge in [0.15, 0.2) is 0 Å². The zero-order valence-electron chi connectivity index (χ0n) is 20.6. The van der Waals surface area contributed by atoms with Crippen molar-refractivity contribution in [3.8, 4) is 11.5 Å². The smallest absolute Gasteiger partial charge is 0.295 e. The molecule has 0 spiro atoms. The number of likely N-dealkylation sites (N-methyl/N-ethyl adjacent to an activating group) is 1. The number of Topliss-reactive ketones (excluding diaryl/α,β-unsaturated/α-hetero) is 1. The first kappa shape index (κ1) is 25.3. The van der Waals surface area contributed by atoms with E-state index in [2.05, 4.69) is 0 Å². The van der Waals surface area contributed by atoms with Gasteiger partial charge in [-0.3, -0.25) is 9.59 Å². The molecule has 2 aromatic rings. The Morgan fingerprint density at radius 1 is 1.09 bits per heavy atom. The predicted octanol–water partition coefficient (Wildman–Crippen LogP) is 4.25. The van der Waals surface area contributed by atoms with Crippen molar-refractivity contribution < 1.29 is 24.2 Å². The number of carbonyl (C=O) groups excluding carboxylic acids is 2. The van der Waals surface area contributed by atoms with Crippen LogP contribution in [0.3, 0.4) is 0 Å². The molecule has 34 heavy (non-hydrogen) atoms. The van der Waals surface area contributed by atoms with Crippen LogP contribution in [0, 0.1) is 0 Å². The molecule has 1 aliphatic heterocycles. The molecular weight excluding hydrogens is 432 g/mol. The summed E-state index contributed by atoms with van der Waals surface area (Å²) in [6.07, 6.45) is 0.855. The van der Waals surface area contributed by atoms with E-state index < -0.39 is 17.7 Å². The van der Waals surface area contributed by atoms with Crippen LogP contribution in [-0.4, -0.2) is 66.5 Å². The number of amides is 1. The van der Waals surface area contributed by atoms with Crippen LogP contribution >= 0.6 is 0 Å². The zero-order chi connectivity index (χ0) is 24.8. The van der Waals surface area contributed by atoms with Gasteiger partial charge in [0.1, 0.15) is 17.3 Å². The van der Waals surface area contributed by atoms with Crippen LogP contribution in [0.5, 0.6) is 11.5 Å². The fourth-order valence-electron chi connectivity index (χ4n) is 3.88. The standard InChI is InChI=1S/C27H34N2O5/c1-6-16-33-21-12-10-19(11-13-21)24-23(26(31)27(32)29(24)15-14-28(4)5)25(30)20-8-7-9-22(17-20)34-18(2)3/h7-13,17-18,24,30H,6,14-16H2,1-5H3/b25-23-. The molecule has 1 heterocycles. The summed E-state index contributed by atoms with van der Waals surface area (Å²) in [5, 5.41) is 11.3. The second kappa shape index (κ2) is 11.2. The van der Waals surface area contributed by atoms with Crippen molar-refractivity contribution in [3.63, 3.8) is 0 Å². The number of carbonyl (C=O) groups is 2. The van der Waals surface area contributed by atoms with E-state index in [4.69, 9.17) is 9.47 Å². The number of benzene rings is 2. The van der Waals surface area contributed by atoms with Crippen molar-refractivity contribution in [2.75, 3.05) is 33.8 Å². The molecule has 3 rings (SSSR count). The van der Waals surface area contributed by atoms with E-state index in [1.54, 1.807) is 24.3 Å². The molecule has 7 heteroatoms. The largest absolute Gasteiger partial charge is 0.507 e. The van der Waals surface area contributed by atoms with Crippen molar-refractivity contribution in [3.05, 3.63) is 65.2 Å². The number of ketones is 1. The van der Waals surface area contributed by atoms with Crippen LogP contribution in [0.1, 0.15) is 44.4 Å². The topological polar surface area (TPSA) is 79.3 Å². The van der Waals surface area contributed by atoms with E-state index in [1.165, 1.54) is 4.90 Å². The molecule has 7 nitrogen and oxygen atoms in total. The average molecular weight is 467 g/mol. The molecule has 0 bridgehead atoms. The minimum absolute atomic E-state index is 0.0394. The van der Waals surface area contributed by atoms with Gasteiger partial charge in [0.05, 0.1) is 24.3 Å². The van der Waals surface area contributed by atoms with Crippen LogP contribution in [0.4, 0.5) is 0 Å². The minimum atomic E-state index is -0.699. The fourth-order valence-corrected chi connectivity index (χ4v) is 3.88. The fraction of sp³-hybridized carbons (Fsp3) is 0.407. The summed E-state index contributed by atoms with van der Waals surface area (Å²) in [5.41, 5.74) is 1.24. The predicted molar refractivity (Wildman–Crippen MR) is 132 cm³/mol. The van der Waals surface area contributed by atoms with Gasteiger partial charge >= 0.3 is 0 Å². The van der Waals surface area contributed by atoms with Gasteiger partial charge < -0.3 is 24.4 Å². The van der Waals surface area contributed by atoms with Gasteiger partial charge in [-0.2, -0.15) is 0 Å². The van der Waals surface area contributed by atoms with Crippen molar-refractivity contribution in [1.29, 1.82) is 0 Å². The molecule has 1 amide bonds. The van der Waals surface area contributed by atoms with Crippen LogP contribution in [0.15, 0.2) is 54.1 Å². The molecule has 1 unspecified atom stereocenters. The Kier molecular flexibility index (Phi) is 8.34. The SMILES string of the molecule is CCCOc1ccc(C2/C(=C(/O)c3cccc(OC(C)C)c3)C(=O)C(=O)N2CCN(C)C)cc1. The highest BCUT2D eigenvalue weighted by Crippen LogP contribution is 2.40. The second-order valence-corrected chi connectivity index (χ2v) is 8.91. The van der Waals surface area contributed by atoms with Gasteiger partial charge in [-0.25, -0.2) is 0 Å². The third-order valence-electron chi connectivity index (χ3n) is 5.48. The van der Waals surface area contributed by atoms with Crippen molar-refractivity contribution >= 4 is 17.4 Å². The van der Waals surface area contributed by atoms with Crippen LogP contribution in [-0.2, 0) is 9.59 Å². The van der Waals surface area contributed by atoms with E-state index in [0.29, 0.717) is 31.0 Å². The van der Waals surface area contributed by atoms with Gasteiger partial charge in [0.25, 0.3) is 11.7 Å². The molecule has 1 atom stereocenters. The number of rotatable bonds is 10. The third-order valence-corrected chi connectivity index (χ3v) is 5.48. The number of nitrogens with zero attached hydrogens (tertiary/aromatic N) is 2. The molecule has 2 aromatic carbocycles. The summed E-state index contributed by atoms with van der Waals surface area (Å²) >= 11 is 0. The lowest BCUT2D eigenvalue weighted by Gasteiger charge is -2.26. The highest BCUT2D eigenvalue weighted by molar-refractivity contribution is 6.46. The second-order valence-electron chi connectivity index (χ2n) is 8.91. The van der Waals surface area contributed by atoms with Crippen molar-refractivity contribution in [2.45, 2.75) is 39.3 Å². The number of hydrogen-bond donors (Lipinski definition) is 1. The van der Waals surface area contributed by atoms with E-state index in [9.17, 15) is 14.7 Å². The van der Waals surface area contributed by atoms with Gasteiger partial charge in [0, 0.05) is 18.7 Å². The first-order valence-electron chi connectivity index (χ1n) is 11.7. The van der Waals surface area contributed by atoms with Crippen molar-refractivity contribution in [2.24, 2.45) is 0 Å². The maximum Gasteiger partial charge on any atom is 0.295 e. The minimum Gasteiger partial charge on any atom is -0.507 e. The summed E-state index contributed by atoms with van der Waals surface area (Å²) in [4.78, 5) is 29.7. The molecular formula is C27H34N2O5. The van der Waals surface area contributed by atoms with Gasteiger partial charge in [-0.1, -0.05) is 31.2 Å². The zero-order valence-corrected chi connectivity index (χ0v) is 20.6. The summed E-state index contributed by atoms with van der Waals surface area (Å²) < 4.78 is 11.4. The molecule has 1 saturated heterocycles. The summed E-state index contributed by atoms with van der Waals surface area (Å²) in [7, 11) is 3.82. The van der Waals surface area contributed by atoms with E-state index in [0.717, 1.165) is 17.7 Å². The van der Waals surface area contributed by atoms with Gasteiger partial charge in [-0.15, -0.1) is 0 Å². The summed E-state index contributed by atoms with van der Waals surface area (Å²) in [6.45, 7) is 7.40. The third kappa shape index (κ3) is 5.78. The molecule has 0 saturated carbocycles. The van der Waals surface area contributed by atoms with E-state index in [1.807, 2.05) is 64.0 Å². The Hall–Kier alpha value is -3.32. The van der Waals surface area contributed by atoms with E-state index >= 15 is 0 Å². The van der Waals surface area contributed by atoms with Crippen LogP contribution in [0.25, 0.3) is 5.76 Å². The molecule has 1 N–H and O–H groups in total. The lowest BCUT2D eigenvalue weighted by atomic mass is 9.95. The first-order valence-corrected chi connectivity index (χ1v) is 11.7. The molecule has 1 aliphatic rings. The number of ether oxygens (including phenoxy) is 2. The Balaban J connectivity index is 2.07. The van der Waals surface area contributed by atoms with Gasteiger partial charge in [-0.05, 0) is 64.2 Å². The Morgan fingerprint density at radius 2 is 1.79 bits per heavy atom. The first-order chi connectivity index (χ1) is 16.2. The maximum atomic E-state index is 13.2. The van der Waals surface area contributed by atoms with Crippen molar-refractivity contribution in [1.82, 2.24) is 9.80 Å². The Bertz CT molecular complexity index is 1040. The Morgan fingerprint density at radius 3 is 2.41 bits per heavy atom. The van der Waals surface area contributed by atoms with Gasteiger partial charge in [0.2, 0.25) is 0 Å². The quantitative estimate of drug-likeness (QED) is 0.320. The normalized spacial score (nSPS) is 17.6. The lowest BCUT2D eigenvalue weighted by molar-refractivity contribution is -0.140. The molecule has 0 aliphatic carbocycles. The molecule has 182 valence electrons. The summed E-state index contributed by atoms with van der Waals surface area (Å²) in [5.74, 6) is -0.225. The highest BCUT2D eigenvalue weighted by Gasteiger charge is 2.45. The maximum absolute atomic E-state index is 13.2. The van der Waals surface area contributed by atoms with E-state index in [-0.39, 0.29) is 17.4 Å². The molecule has 0 radical (unpaired) electrons.